The molecule has 0 saturated carbocycles. The van der Waals surface area contributed by atoms with E-state index >= 15 is 0 Å². The Labute approximate surface area is 214 Å². The van der Waals surface area contributed by atoms with Gasteiger partial charge in [-0.2, -0.15) is 0 Å². The van der Waals surface area contributed by atoms with Crippen LogP contribution in [0.5, 0.6) is 0 Å². The second-order valence-corrected chi connectivity index (χ2v) is 12.4. The summed E-state index contributed by atoms with van der Waals surface area (Å²) in [6.45, 7) is 12.5. The number of rotatable bonds is 6. The van der Waals surface area contributed by atoms with Crippen molar-refractivity contribution >= 4 is 33.8 Å². The Hall–Kier alpha value is -2.18. The van der Waals surface area contributed by atoms with E-state index in [9.17, 15) is 9.59 Å². The third kappa shape index (κ3) is 5.97. The van der Waals surface area contributed by atoms with Crippen LogP contribution < -0.4 is 10.6 Å². The lowest BCUT2D eigenvalue weighted by Gasteiger charge is -2.33. The number of anilines is 2. The molecule has 1 aliphatic heterocycles. The maximum absolute atomic E-state index is 13.7. The molecular weight excluding hydrogens is 454 g/mol. The number of hydrogen-bond acceptors (Lipinski definition) is 4. The maximum Gasteiger partial charge on any atom is 0.258 e. The molecular formula is C29H41N3O2S. The van der Waals surface area contributed by atoms with Gasteiger partial charge in [-0.1, -0.05) is 52.3 Å². The third-order valence-electron chi connectivity index (χ3n) is 7.90. The molecule has 6 heteroatoms. The van der Waals surface area contributed by atoms with Crippen molar-refractivity contribution in [2.45, 2.75) is 85.6 Å². The average molecular weight is 496 g/mol. The normalized spacial score (nSPS) is 20.8. The van der Waals surface area contributed by atoms with Crippen LogP contribution in [0.25, 0.3) is 0 Å². The number of nitrogens with one attached hydrogen (secondary N) is 2. The van der Waals surface area contributed by atoms with Crippen LogP contribution in [-0.4, -0.2) is 35.8 Å². The Morgan fingerprint density at radius 1 is 1.11 bits per heavy atom. The molecule has 4 rings (SSSR count). The van der Waals surface area contributed by atoms with Crippen LogP contribution in [0.15, 0.2) is 24.3 Å². The second-order valence-electron chi connectivity index (χ2n) is 11.3. The van der Waals surface area contributed by atoms with Crippen LogP contribution in [-0.2, 0) is 24.1 Å². The fourth-order valence-corrected chi connectivity index (χ4v) is 6.87. The molecule has 2 atom stereocenters. The van der Waals surface area contributed by atoms with E-state index in [0.717, 1.165) is 61.9 Å². The summed E-state index contributed by atoms with van der Waals surface area (Å²) in [5.41, 5.74) is 3.98. The fourth-order valence-electron chi connectivity index (χ4n) is 5.53. The van der Waals surface area contributed by atoms with Gasteiger partial charge in [-0.3, -0.25) is 14.5 Å². The topological polar surface area (TPSA) is 61.4 Å². The van der Waals surface area contributed by atoms with Crippen LogP contribution in [0.2, 0.25) is 0 Å². The summed E-state index contributed by atoms with van der Waals surface area (Å²) in [6, 6.07) is 8.39. The number of nitrogens with zero attached hydrogens (tertiary/aromatic N) is 1. The van der Waals surface area contributed by atoms with E-state index in [1.165, 1.54) is 11.3 Å². The lowest BCUT2D eigenvalue weighted by atomic mass is 9.72. The Kier molecular flexibility index (Phi) is 8.02. The first-order valence-corrected chi connectivity index (χ1v) is 14.1. The van der Waals surface area contributed by atoms with Crippen molar-refractivity contribution in [3.8, 4) is 0 Å². The minimum absolute atomic E-state index is 0.0206. The molecule has 2 aliphatic rings. The molecule has 1 saturated heterocycles. The number of aryl methyl sites for hydroxylation is 1. The quantitative estimate of drug-likeness (QED) is 0.479. The molecule has 1 aliphatic carbocycles. The monoisotopic (exact) mass is 495 g/mol. The van der Waals surface area contributed by atoms with Crippen molar-refractivity contribution in [1.82, 2.24) is 4.90 Å². The fraction of sp³-hybridized carbons (Fsp3) is 0.586. The standard InChI is InChI=1S/C29H41N3O2S/c1-6-20-12-7-8-13-23(20)30-27(34)26-22-15-14-21(29(3,4)5)17-24(22)35-28(26)31-25(33)18-32-16-10-9-11-19(32)2/h7-8,12-13,19,21H,6,9-11,14-18H2,1-5H3,(H,30,34)(H,31,33)/t19-,21+/m1/s1. The van der Waals surface area contributed by atoms with Crippen LogP contribution >= 0.6 is 11.3 Å². The summed E-state index contributed by atoms with van der Waals surface area (Å²) in [7, 11) is 0. The number of carbonyl (C=O) groups excluding carboxylic acids is 2. The number of fused-ring (bicyclic) bond motifs is 1. The first-order chi connectivity index (χ1) is 16.7. The van der Waals surface area contributed by atoms with Gasteiger partial charge in [0.15, 0.2) is 0 Å². The molecule has 1 aromatic carbocycles. The molecule has 2 amide bonds. The molecule has 2 aromatic rings. The Morgan fingerprint density at radius 3 is 2.60 bits per heavy atom. The van der Waals surface area contributed by atoms with Gasteiger partial charge in [0.2, 0.25) is 5.91 Å². The first kappa shape index (κ1) is 25.9. The Balaban J connectivity index is 1.61. The zero-order valence-electron chi connectivity index (χ0n) is 22.0. The molecule has 190 valence electrons. The molecule has 5 nitrogen and oxygen atoms in total. The lowest BCUT2D eigenvalue weighted by Crippen LogP contribution is -2.42. The van der Waals surface area contributed by atoms with E-state index in [2.05, 4.69) is 56.2 Å². The SMILES string of the molecule is CCc1ccccc1NC(=O)c1c(NC(=O)CN2CCCC[C@H]2C)sc2c1CC[C@H](C(C)(C)C)C2. The number of hydrogen-bond donors (Lipinski definition) is 2. The molecule has 0 spiro atoms. The van der Waals surface area contributed by atoms with Gasteiger partial charge in [0.25, 0.3) is 5.91 Å². The van der Waals surface area contributed by atoms with Crippen molar-refractivity contribution in [1.29, 1.82) is 0 Å². The number of benzene rings is 1. The zero-order valence-corrected chi connectivity index (χ0v) is 22.8. The number of likely N-dealkylation sites (tertiary alicyclic amines) is 1. The zero-order chi connectivity index (χ0) is 25.2. The molecule has 0 radical (unpaired) electrons. The van der Waals surface area contributed by atoms with Crippen LogP contribution in [0.1, 0.15) is 86.7 Å². The van der Waals surface area contributed by atoms with Gasteiger partial charge in [-0.15, -0.1) is 11.3 Å². The molecule has 2 heterocycles. The molecule has 35 heavy (non-hydrogen) atoms. The van der Waals surface area contributed by atoms with Crippen molar-refractivity contribution in [3.63, 3.8) is 0 Å². The maximum atomic E-state index is 13.7. The average Bonchev–Trinajstić information content (AvgIpc) is 3.17. The molecule has 2 N–H and O–H groups in total. The smallest absolute Gasteiger partial charge is 0.258 e. The molecule has 0 unspecified atom stereocenters. The number of amides is 2. The van der Waals surface area contributed by atoms with Gasteiger partial charge in [-0.05, 0) is 80.5 Å². The number of thiophene rings is 1. The van der Waals surface area contributed by atoms with Gasteiger partial charge in [0, 0.05) is 16.6 Å². The van der Waals surface area contributed by atoms with Crippen molar-refractivity contribution < 1.29 is 9.59 Å². The van der Waals surface area contributed by atoms with Gasteiger partial charge < -0.3 is 10.6 Å². The Bertz CT molecular complexity index is 1070. The van der Waals surface area contributed by atoms with E-state index in [1.54, 1.807) is 11.3 Å². The number of para-hydroxylation sites is 1. The van der Waals surface area contributed by atoms with Gasteiger partial charge >= 0.3 is 0 Å². The van der Waals surface area contributed by atoms with Gasteiger partial charge in [-0.25, -0.2) is 0 Å². The minimum Gasteiger partial charge on any atom is -0.322 e. The number of carbonyl (C=O) groups is 2. The van der Waals surface area contributed by atoms with Crippen LogP contribution in [0.4, 0.5) is 10.7 Å². The summed E-state index contributed by atoms with van der Waals surface area (Å²) in [4.78, 5) is 30.3. The highest BCUT2D eigenvalue weighted by molar-refractivity contribution is 7.17. The van der Waals surface area contributed by atoms with Crippen molar-refractivity contribution in [2.75, 3.05) is 23.7 Å². The summed E-state index contributed by atoms with van der Waals surface area (Å²) in [5, 5.41) is 7.04. The summed E-state index contributed by atoms with van der Waals surface area (Å²) in [6.07, 6.45) is 7.28. The summed E-state index contributed by atoms with van der Waals surface area (Å²) in [5.74, 6) is 0.440. The van der Waals surface area contributed by atoms with Crippen molar-refractivity contribution in [2.24, 2.45) is 11.3 Å². The van der Waals surface area contributed by atoms with Crippen LogP contribution in [0.3, 0.4) is 0 Å². The van der Waals surface area contributed by atoms with Gasteiger partial charge in [0.1, 0.15) is 5.00 Å². The molecule has 1 fully saturated rings. The van der Waals surface area contributed by atoms with E-state index in [-0.39, 0.29) is 17.2 Å². The summed E-state index contributed by atoms with van der Waals surface area (Å²) < 4.78 is 0. The van der Waals surface area contributed by atoms with E-state index < -0.39 is 0 Å². The highest BCUT2D eigenvalue weighted by atomic mass is 32.1. The predicted molar refractivity (Wildman–Crippen MR) is 147 cm³/mol. The third-order valence-corrected chi connectivity index (χ3v) is 9.07. The minimum atomic E-state index is -0.112. The second kappa shape index (κ2) is 10.8. The van der Waals surface area contributed by atoms with Gasteiger partial charge in [0.05, 0.1) is 12.1 Å². The Morgan fingerprint density at radius 2 is 1.89 bits per heavy atom. The highest BCUT2D eigenvalue weighted by Gasteiger charge is 2.34. The largest absolute Gasteiger partial charge is 0.322 e. The summed E-state index contributed by atoms with van der Waals surface area (Å²) >= 11 is 1.61. The highest BCUT2D eigenvalue weighted by Crippen LogP contribution is 2.44. The van der Waals surface area contributed by atoms with Crippen LogP contribution in [0, 0.1) is 11.3 Å². The lowest BCUT2D eigenvalue weighted by molar-refractivity contribution is -0.118. The van der Waals surface area contributed by atoms with Crippen molar-refractivity contribution in [3.05, 3.63) is 45.8 Å². The molecule has 1 aromatic heterocycles. The van der Waals surface area contributed by atoms with E-state index in [4.69, 9.17) is 0 Å². The number of piperidine rings is 1. The molecule has 0 bridgehead atoms. The predicted octanol–water partition coefficient (Wildman–Crippen LogP) is 6.53. The van der Waals surface area contributed by atoms with E-state index in [1.807, 2.05) is 18.2 Å². The first-order valence-electron chi connectivity index (χ1n) is 13.2. The van der Waals surface area contributed by atoms with E-state index in [0.29, 0.717) is 29.1 Å².